The van der Waals surface area contributed by atoms with Gasteiger partial charge in [-0.3, -0.25) is 9.59 Å². The Balaban J connectivity index is 2.09. The van der Waals surface area contributed by atoms with Crippen molar-refractivity contribution in [2.45, 2.75) is 38.6 Å². The van der Waals surface area contributed by atoms with Crippen LogP contribution >= 0.6 is 0 Å². The first-order valence-corrected chi connectivity index (χ1v) is 8.23. The van der Waals surface area contributed by atoms with E-state index < -0.39 is 17.8 Å². The smallest absolute Gasteiger partial charge is 0.307 e. The van der Waals surface area contributed by atoms with Gasteiger partial charge in [0.2, 0.25) is 5.91 Å². The molecule has 1 aromatic rings. The van der Waals surface area contributed by atoms with E-state index in [9.17, 15) is 14.7 Å². The highest BCUT2D eigenvalue weighted by atomic mass is 16.5. The first kappa shape index (κ1) is 18.1. The molecule has 6 heteroatoms. The Kier molecular flexibility index (Phi) is 6.06. The third-order valence-electron chi connectivity index (χ3n) is 4.69. The normalized spacial score (nSPS) is 21.6. The van der Waals surface area contributed by atoms with E-state index in [1.807, 2.05) is 19.1 Å². The number of carbonyl (C=O) groups excluding carboxylic acids is 1. The van der Waals surface area contributed by atoms with Gasteiger partial charge in [0.05, 0.1) is 32.1 Å². The van der Waals surface area contributed by atoms with Gasteiger partial charge in [-0.15, -0.1) is 0 Å². The number of ether oxygens (including phenoxy) is 2. The van der Waals surface area contributed by atoms with Crippen LogP contribution in [0.25, 0.3) is 0 Å². The summed E-state index contributed by atoms with van der Waals surface area (Å²) in [6.07, 6.45) is 2.96. The van der Waals surface area contributed by atoms with Crippen molar-refractivity contribution in [3.63, 3.8) is 0 Å². The predicted molar refractivity (Wildman–Crippen MR) is 89.2 cm³/mol. The minimum absolute atomic E-state index is 0.190. The largest absolute Gasteiger partial charge is 0.493 e. The molecule has 0 radical (unpaired) electrons. The Hall–Kier alpha value is -2.24. The summed E-state index contributed by atoms with van der Waals surface area (Å²) in [7, 11) is 3.13. The molecule has 132 valence electrons. The van der Waals surface area contributed by atoms with Crippen LogP contribution in [0.4, 0.5) is 0 Å². The fourth-order valence-corrected chi connectivity index (χ4v) is 3.27. The standard InChI is InChI=1S/C18H25NO5/c1-11(12-8-9-15(23-2)16(10-12)24-3)19-17(20)13-6-4-5-7-14(13)18(21)22/h8-11,13-14H,4-7H2,1-3H3,(H,19,20)(H,21,22). The number of carbonyl (C=O) groups is 2. The molecule has 0 heterocycles. The summed E-state index contributed by atoms with van der Waals surface area (Å²) in [6.45, 7) is 1.87. The maximum absolute atomic E-state index is 12.5. The zero-order valence-corrected chi connectivity index (χ0v) is 14.4. The molecule has 1 aromatic carbocycles. The fourth-order valence-electron chi connectivity index (χ4n) is 3.27. The van der Waals surface area contributed by atoms with E-state index in [-0.39, 0.29) is 11.9 Å². The van der Waals surface area contributed by atoms with Gasteiger partial charge in [0.25, 0.3) is 0 Å². The maximum Gasteiger partial charge on any atom is 0.307 e. The van der Waals surface area contributed by atoms with Gasteiger partial charge in [0, 0.05) is 0 Å². The second-order valence-electron chi connectivity index (χ2n) is 6.18. The molecule has 2 rings (SSSR count). The Labute approximate surface area is 142 Å². The van der Waals surface area contributed by atoms with Crippen LogP contribution in [0.2, 0.25) is 0 Å². The molecule has 3 unspecified atom stereocenters. The van der Waals surface area contributed by atoms with Crippen molar-refractivity contribution in [1.29, 1.82) is 0 Å². The van der Waals surface area contributed by atoms with E-state index in [4.69, 9.17) is 9.47 Å². The lowest BCUT2D eigenvalue weighted by atomic mass is 9.78. The van der Waals surface area contributed by atoms with E-state index in [0.717, 1.165) is 18.4 Å². The molecule has 1 aliphatic carbocycles. The van der Waals surface area contributed by atoms with Crippen LogP contribution in [0.15, 0.2) is 18.2 Å². The number of hydrogen-bond donors (Lipinski definition) is 2. The van der Waals surface area contributed by atoms with Crippen LogP contribution in [0.1, 0.15) is 44.2 Å². The van der Waals surface area contributed by atoms with E-state index >= 15 is 0 Å². The summed E-state index contributed by atoms with van der Waals surface area (Å²) < 4.78 is 10.5. The minimum Gasteiger partial charge on any atom is -0.493 e. The molecule has 1 saturated carbocycles. The van der Waals surface area contributed by atoms with Crippen LogP contribution in [0.5, 0.6) is 11.5 Å². The van der Waals surface area contributed by atoms with E-state index in [1.165, 1.54) is 0 Å². The minimum atomic E-state index is -0.881. The highest BCUT2D eigenvalue weighted by Gasteiger charge is 2.36. The second-order valence-corrected chi connectivity index (χ2v) is 6.18. The van der Waals surface area contributed by atoms with E-state index in [1.54, 1.807) is 20.3 Å². The molecule has 0 spiro atoms. The van der Waals surface area contributed by atoms with Crippen molar-refractivity contribution in [3.8, 4) is 11.5 Å². The Morgan fingerprint density at radius 2 is 1.75 bits per heavy atom. The van der Waals surface area contributed by atoms with Crippen molar-refractivity contribution >= 4 is 11.9 Å². The number of aliphatic carboxylic acids is 1. The van der Waals surface area contributed by atoms with Gasteiger partial charge in [-0.25, -0.2) is 0 Å². The number of carboxylic acid groups (broad SMARTS) is 1. The molecule has 6 nitrogen and oxygen atoms in total. The van der Waals surface area contributed by atoms with Gasteiger partial charge in [0.1, 0.15) is 0 Å². The highest BCUT2D eigenvalue weighted by molar-refractivity contribution is 5.85. The third-order valence-corrected chi connectivity index (χ3v) is 4.69. The molecule has 1 amide bonds. The molecule has 0 saturated heterocycles. The van der Waals surface area contributed by atoms with Gasteiger partial charge in [0.15, 0.2) is 11.5 Å². The van der Waals surface area contributed by atoms with Crippen molar-refractivity contribution in [2.24, 2.45) is 11.8 Å². The average Bonchev–Trinajstić information content (AvgIpc) is 2.60. The van der Waals surface area contributed by atoms with Crippen LogP contribution in [-0.4, -0.2) is 31.2 Å². The summed E-state index contributed by atoms with van der Waals surface area (Å²) >= 11 is 0. The SMILES string of the molecule is COc1ccc(C(C)NC(=O)C2CCCCC2C(=O)O)cc1OC. The number of carboxylic acids is 1. The van der Waals surface area contributed by atoms with Crippen molar-refractivity contribution in [2.75, 3.05) is 14.2 Å². The number of nitrogens with one attached hydrogen (secondary N) is 1. The van der Waals surface area contributed by atoms with E-state index in [0.29, 0.717) is 24.3 Å². The van der Waals surface area contributed by atoms with Gasteiger partial charge in [-0.05, 0) is 37.5 Å². The number of methoxy groups -OCH3 is 2. The third kappa shape index (κ3) is 3.99. The first-order valence-electron chi connectivity index (χ1n) is 8.23. The summed E-state index contributed by atoms with van der Waals surface area (Å²) in [6, 6.07) is 5.23. The molecule has 1 fully saturated rings. The number of amides is 1. The fraction of sp³-hybridized carbons (Fsp3) is 0.556. The summed E-state index contributed by atoms with van der Waals surface area (Å²) in [5.74, 6) is -0.900. The number of benzene rings is 1. The average molecular weight is 335 g/mol. The molecule has 0 aromatic heterocycles. The summed E-state index contributed by atoms with van der Waals surface area (Å²) in [5.41, 5.74) is 0.878. The quantitative estimate of drug-likeness (QED) is 0.835. The predicted octanol–water partition coefficient (Wildman–Crippen LogP) is 2.77. The lowest BCUT2D eigenvalue weighted by Crippen LogP contribution is -2.40. The molecule has 0 bridgehead atoms. The van der Waals surface area contributed by atoms with Crippen molar-refractivity contribution in [3.05, 3.63) is 23.8 Å². The Morgan fingerprint density at radius 1 is 1.12 bits per heavy atom. The summed E-state index contributed by atoms with van der Waals surface area (Å²) in [5, 5.41) is 12.3. The van der Waals surface area contributed by atoms with Crippen LogP contribution in [0.3, 0.4) is 0 Å². The number of hydrogen-bond acceptors (Lipinski definition) is 4. The van der Waals surface area contributed by atoms with Crippen LogP contribution in [-0.2, 0) is 9.59 Å². The van der Waals surface area contributed by atoms with E-state index in [2.05, 4.69) is 5.32 Å². The second kappa shape index (κ2) is 8.04. The van der Waals surface area contributed by atoms with Crippen molar-refractivity contribution in [1.82, 2.24) is 5.32 Å². The van der Waals surface area contributed by atoms with Gasteiger partial charge >= 0.3 is 5.97 Å². The lowest BCUT2D eigenvalue weighted by molar-refractivity contribution is -0.149. The zero-order chi connectivity index (χ0) is 17.7. The summed E-state index contributed by atoms with van der Waals surface area (Å²) in [4.78, 5) is 23.9. The van der Waals surface area contributed by atoms with Crippen LogP contribution in [0, 0.1) is 11.8 Å². The maximum atomic E-state index is 12.5. The monoisotopic (exact) mass is 335 g/mol. The molecular formula is C18H25NO5. The molecule has 0 aliphatic heterocycles. The highest BCUT2D eigenvalue weighted by Crippen LogP contribution is 2.32. The zero-order valence-electron chi connectivity index (χ0n) is 14.4. The van der Waals surface area contributed by atoms with Crippen molar-refractivity contribution < 1.29 is 24.2 Å². The molecule has 3 atom stereocenters. The van der Waals surface area contributed by atoms with Crippen LogP contribution < -0.4 is 14.8 Å². The van der Waals surface area contributed by atoms with Gasteiger partial charge in [-0.2, -0.15) is 0 Å². The van der Waals surface area contributed by atoms with Gasteiger partial charge in [-0.1, -0.05) is 18.9 Å². The molecule has 24 heavy (non-hydrogen) atoms. The first-order chi connectivity index (χ1) is 11.5. The lowest BCUT2D eigenvalue weighted by Gasteiger charge is -2.29. The van der Waals surface area contributed by atoms with Gasteiger partial charge < -0.3 is 19.9 Å². The number of rotatable bonds is 6. The topological polar surface area (TPSA) is 84.9 Å². The Morgan fingerprint density at radius 3 is 2.33 bits per heavy atom. The Bertz CT molecular complexity index is 601. The molecule has 1 aliphatic rings. The molecule has 2 N–H and O–H groups in total. The molecular weight excluding hydrogens is 310 g/mol.